The number of aliphatic hydroxyl groups is 1. The van der Waals surface area contributed by atoms with Gasteiger partial charge in [0, 0.05) is 6.20 Å². The maximum Gasteiger partial charge on any atom is 0.152 e. The molecule has 158 valence electrons. The van der Waals surface area contributed by atoms with Crippen molar-refractivity contribution in [3.05, 3.63) is 83.3 Å². The van der Waals surface area contributed by atoms with E-state index in [1.165, 1.54) is 12.1 Å². The minimum Gasteiger partial charge on any atom is -0.390 e. The zero-order valence-corrected chi connectivity index (χ0v) is 17.5. The van der Waals surface area contributed by atoms with Crippen molar-refractivity contribution in [1.82, 2.24) is 24.7 Å². The van der Waals surface area contributed by atoms with Crippen molar-refractivity contribution >= 4 is 5.82 Å². The third-order valence-corrected chi connectivity index (χ3v) is 5.06. The number of hydrogen-bond acceptors (Lipinski definition) is 6. The van der Waals surface area contributed by atoms with Crippen LogP contribution in [0.2, 0.25) is 0 Å². The van der Waals surface area contributed by atoms with Crippen LogP contribution in [0.5, 0.6) is 0 Å². The van der Waals surface area contributed by atoms with E-state index in [0.717, 1.165) is 22.5 Å². The lowest BCUT2D eigenvalue weighted by atomic mass is 10.1. The molecule has 31 heavy (non-hydrogen) atoms. The van der Waals surface area contributed by atoms with Gasteiger partial charge in [0.15, 0.2) is 5.82 Å². The van der Waals surface area contributed by atoms with E-state index in [2.05, 4.69) is 25.5 Å². The summed E-state index contributed by atoms with van der Waals surface area (Å²) in [5, 5.41) is 21.8. The average molecular weight is 418 g/mol. The van der Waals surface area contributed by atoms with Gasteiger partial charge in [-0.3, -0.25) is 0 Å². The van der Waals surface area contributed by atoms with Gasteiger partial charge < -0.3 is 15.0 Å². The normalized spacial score (nSPS) is 12.0. The molecule has 0 bridgehead atoms. The van der Waals surface area contributed by atoms with E-state index in [9.17, 15) is 9.50 Å². The Bertz CT molecular complexity index is 1210. The highest BCUT2D eigenvalue weighted by molar-refractivity contribution is 5.60. The number of anilines is 1. The van der Waals surface area contributed by atoms with E-state index in [1.807, 2.05) is 49.7 Å². The Morgan fingerprint density at radius 1 is 1.06 bits per heavy atom. The van der Waals surface area contributed by atoms with Crippen LogP contribution in [0, 0.1) is 19.7 Å². The Hall–Kier alpha value is -3.65. The van der Waals surface area contributed by atoms with Gasteiger partial charge in [0.1, 0.15) is 11.5 Å². The van der Waals surface area contributed by atoms with Crippen LogP contribution >= 0.6 is 0 Å². The van der Waals surface area contributed by atoms with Gasteiger partial charge in [0.25, 0.3) is 0 Å². The molecule has 0 saturated carbocycles. The maximum absolute atomic E-state index is 13.2. The molecule has 0 fully saturated rings. The van der Waals surface area contributed by atoms with Gasteiger partial charge in [-0.05, 0) is 62.2 Å². The van der Waals surface area contributed by atoms with Crippen LogP contribution < -0.4 is 5.32 Å². The largest absolute Gasteiger partial charge is 0.390 e. The van der Waals surface area contributed by atoms with Crippen LogP contribution in [0.1, 0.15) is 35.5 Å². The van der Waals surface area contributed by atoms with Crippen molar-refractivity contribution in [3.8, 4) is 17.1 Å². The fourth-order valence-corrected chi connectivity index (χ4v) is 3.33. The summed E-state index contributed by atoms with van der Waals surface area (Å²) >= 11 is 0. The van der Waals surface area contributed by atoms with Crippen LogP contribution in [0.4, 0.5) is 10.2 Å². The molecule has 0 aliphatic carbocycles. The zero-order chi connectivity index (χ0) is 22.0. The van der Waals surface area contributed by atoms with Crippen LogP contribution in [0.3, 0.4) is 0 Å². The Morgan fingerprint density at radius 3 is 2.48 bits per heavy atom. The summed E-state index contributed by atoms with van der Waals surface area (Å²) in [7, 11) is 0. The number of halogens is 1. The minimum atomic E-state index is -0.264. The molecule has 0 spiro atoms. The van der Waals surface area contributed by atoms with Crippen molar-refractivity contribution in [1.29, 1.82) is 0 Å². The molecule has 4 aromatic rings. The number of pyridine rings is 1. The lowest BCUT2D eigenvalue weighted by Crippen LogP contribution is -2.10. The number of nitrogens with one attached hydrogen (secondary N) is 1. The number of benzene rings is 1. The molecule has 0 unspecified atom stereocenters. The molecular formula is C23H23FN6O. The lowest BCUT2D eigenvalue weighted by molar-refractivity contribution is 0.276. The molecule has 8 heteroatoms. The summed E-state index contributed by atoms with van der Waals surface area (Å²) in [4.78, 5) is 8.80. The van der Waals surface area contributed by atoms with Crippen LogP contribution in [0.25, 0.3) is 17.1 Å². The molecule has 0 aliphatic rings. The quantitative estimate of drug-likeness (QED) is 0.489. The second-order valence-corrected chi connectivity index (χ2v) is 7.42. The maximum atomic E-state index is 13.2. The van der Waals surface area contributed by atoms with Gasteiger partial charge in [-0.1, -0.05) is 12.1 Å². The lowest BCUT2D eigenvalue weighted by Gasteiger charge is -2.16. The van der Waals surface area contributed by atoms with Crippen molar-refractivity contribution < 1.29 is 9.50 Å². The number of aliphatic hydroxyl groups excluding tert-OH is 1. The number of rotatable bonds is 6. The molecule has 3 heterocycles. The second kappa shape index (κ2) is 8.61. The molecule has 1 aromatic carbocycles. The Kier molecular flexibility index (Phi) is 5.73. The van der Waals surface area contributed by atoms with Gasteiger partial charge in [-0.2, -0.15) is 0 Å². The molecule has 4 rings (SSSR count). The zero-order valence-electron chi connectivity index (χ0n) is 17.5. The van der Waals surface area contributed by atoms with Crippen molar-refractivity contribution in [2.45, 2.75) is 33.4 Å². The number of imidazole rings is 1. The van der Waals surface area contributed by atoms with Gasteiger partial charge in [0.2, 0.25) is 0 Å². The van der Waals surface area contributed by atoms with Crippen molar-refractivity contribution in [3.63, 3.8) is 0 Å². The number of aryl methyl sites for hydroxylation is 2. The minimum absolute atomic E-state index is 0.0588. The Balaban J connectivity index is 1.58. The summed E-state index contributed by atoms with van der Waals surface area (Å²) < 4.78 is 15.0. The molecule has 3 aromatic heterocycles. The van der Waals surface area contributed by atoms with E-state index >= 15 is 0 Å². The van der Waals surface area contributed by atoms with Crippen LogP contribution in [0.15, 0.2) is 55.0 Å². The highest BCUT2D eigenvalue weighted by Crippen LogP contribution is 2.25. The SMILES string of the molecule is Cc1cn(-c2ccc(-c3cc(C)c(N[C@@H](C)c4ccc(F)cc4)nn3)nc2CO)cn1. The number of nitrogens with zero attached hydrogens (tertiary/aromatic N) is 5. The van der Waals surface area contributed by atoms with E-state index in [4.69, 9.17) is 0 Å². The smallest absolute Gasteiger partial charge is 0.152 e. The summed E-state index contributed by atoms with van der Waals surface area (Å²) in [5.74, 6) is 0.383. The van der Waals surface area contributed by atoms with Gasteiger partial charge in [-0.15, -0.1) is 10.2 Å². The highest BCUT2D eigenvalue weighted by Gasteiger charge is 2.13. The molecule has 0 aliphatic heterocycles. The monoisotopic (exact) mass is 418 g/mol. The first-order valence-electron chi connectivity index (χ1n) is 9.93. The van der Waals surface area contributed by atoms with Gasteiger partial charge >= 0.3 is 0 Å². The molecule has 1 atom stereocenters. The molecule has 0 amide bonds. The van der Waals surface area contributed by atoms with E-state index in [1.54, 1.807) is 18.5 Å². The second-order valence-electron chi connectivity index (χ2n) is 7.42. The fourth-order valence-electron chi connectivity index (χ4n) is 3.33. The van der Waals surface area contributed by atoms with E-state index in [-0.39, 0.29) is 18.5 Å². The summed E-state index contributed by atoms with van der Waals surface area (Å²) in [6.45, 7) is 5.62. The number of aromatic nitrogens is 5. The average Bonchev–Trinajstić information content (AvgIpc) is 3.21. The van der Waals surface area contributed by atoms with Crippen molar-refractivity contribution in [2.75, 3.05) is 5.32 Å². The standard InChI is InChI=1S/C23H23FN6O/c1-14-10-20(28-29-23(14)26-16(3)17-4-6-18(24)7-5-17)19-8-9-22(21(12-31)27-19)30-11-15(2)25-13-30/h4-11,13,16,31H,12H2,1-3H3,(H,26,29)/t16-/m0/s1. The third kappa shape index (κ3) is 4.44. The first kappa shape index (κ1) is 20.6. The Morgan fingerprint density at radius 2 is 1.84 bits per heavy atom. The first-order chi connectivity index (χ1) is 14.9. The highest BCUT2D eigenvalue weighted by atomic mass is 19.1. The summed E-state index contributed by atoms with van der Waals surface area (Å²) in [6.07, 6.45) is 3.57. The Labute approximate surface area is 179 Å². The summed E-state index contributed by atoms with van der Waals surface area (Å²) in [5.41, 5.74) is 5.27. The van der Waals surface area contributed by atoms with Gasteiger partial charge in [0.05, 0.1) is 41.7 Å². The first-order valence-corrected chi connectivity index (χ1v) is 9.93. The molecule has 7 nitrogen and oxygen atoms in total. The number of hydrogen-bond donors (Lipinski definition) is 2. The predicted octanol–water partition coefficient (Wildman–Crippen LogP) is 4.15. The van der Waals surface area contributed by atoms with Crippen molar-refractivity contribution in [2.24, 2.45) is 0 Å². The molecule has 0 saturated heterocycles. The van der Waals surface area contributed by atoms with E-state index < -0.39 is 0 Å². The third-order valence-electron chi connectivity index (χ3n) is 5.06. The van der Waals surface area contributed by atoms with Crippen LogP contribution in [-0.4, -0.2) is 29.8 Å². The fraction of sp³-hybridized carbons (Fsp3) is 0.217. The van der Waals surface area contributed by atoms with Gasteiger partial charge in [-0.25, -0.2) is 14.4 Å². The molecular weight excluding hydrogens is 395 g/mol. The summed E-state index contributed by atoms with van der Waals surface area (Å²) in [6, 6.07) is 11.9. The topological polar surface area (TPSA) is 88.8 Å². The molecule has 0 radical (unpaired) electrons. The predicted molar refractivity (Wildman–Crippen MR) is 116 cm³/mol. The van der Waals surface area contributed by atoms with E-state index in [0.29, 0.717) is 22.9 Å². The van der Waals surface area contributed by atoms with Crippen LogP contribution in [-0.2, 0) is 6.61 Å². The molecule has 2 N–H and O–H groups in total.